The Morgan fingerprint density at radius 3 is 2.81 bits per heavy atom. The number of nitrogens with two attached hydrogens (primary N) is 1. The average molecular weight is 411 g/mol. The Bertz CT molecular complexity index is 851. The Balaban J connectivity index is 1.79. The third-order valence-corrected chi connectivity index (χ3v) is 6.41. The number of hydrogen-bond donors (Lipinski definition) is 3. The second-order valence-corrected chi connectivity index (χ2v) is 8.99. The number of carbonyl (C=O) groups excluding carboxylic acids is 2. The van der Waals surface area contributed by atoms with Crippen LogP contribution < -0.4 is 11.1 Å². The summed E-state index contributed by atoms with van der Waals surface area (Å²) in [6, 6.07) is -1.82. The second-order valence-electron chi connectivity index (χ2n) is 6.33. The number of nitrogen functional groups attached to an aromatic ring is 1. The van der Waals surface area contributed by atoms with Gasteiger partial charge in [-0.1, -0.05) is 11.7 Å². The average Bonchev–Trinajstić information content (AvgIpc) is 3.12. The predicted octanol–water partition coefficient (Wildman–Crippen LogP) is 0.221. The number of amides is 2. The van der Waals surface area contributed by atoms with E-state index in [2.05, 4.69) is 22.0 Å². The molecule has 2 amide bonds. The summed E-state index contributed by atoms with van der Waals surface area (Å²) < 4.78 is -0.683. The van der Waals surface area contributed by atoms with Crippen molar-refractivity contribution in [2.75, 3.05) is 5.73 Å². The molecule has 0 radical (unpaired) electrons. The molecule has 0 saturated carbocycles. The molecule has 1 aromatic heterocycles. The first-order valence-corrected chi connectivity index (χ1v) is 9.53. The maximum absolute atomic E-state index is 12.6. The van der Waals surface area contributed by atoms with Crippen LogP contribution in [-0.2, 0) is 19.2 Å². The maximum Gasteiger partial charge on any atom is 0.327 e. The fourth-order valence-corrected chi connectivity index (χ4v) is 5.22. The number of carboxylic acids is 1. The number of hydrogen-bond acceptors (Lipinski definition) is 9. The van der Waals surface area contributed by atoms with Crippen LogP contribution in [0.3, 0.4) is 0 Å². The zero-order valence-electron chi connectivity index (χ0n) is 14.4. The molecule has 2 fully saturated rings. The van der Waals surface area contributed by atoms with Crippen LogP contribution in [0.1, 0.15) is 19.5 Å². The number of rotatable bonds is 6. The minimum absolute atomic E-state index is 0.161. The van der Waals surface area contributed by atoms with Crippen LogP contribution in [0.5, 0.6) is 0 Å². The number of anilines is 1. The van der Waals surface area contributed by atoms with E-state index in [0.29, 0.717) is 0 Å². The molecule has 0 aliphatic carbocycles. The molecule has 0 unspecified atom stereocenters. The van der Waals surface area contributed by atoms with Crippen molar-refractivity contribution in [2.24, 2.45) is 5.16 Å². The largest absolute Gasteiger partial charge is 0.480 e. The Morgan fingerprint density at radius 2 is 2.26 bits per heavy atom. The van der Waals surface area contributed by atoms with Crippen LogP contribution in [0.4, 0.5) is 5.13 Å². The van der Waals surface area contributed by atoms with Crippen LogP contribution in [0, 0.1) is 0 Å². The third-order valence-electron chi connectivity index (χ3n) is 4.16. The quantitative estimate of drug-likeness (QED) is 0.261. The highest BCUT2D eigenvalue weighted by Gasteiger charge is 2.64. The summed E-state index contributed by atoms with van der Waals surface area (Å²) in [5.41, 5.74) is 5.63. The van der Waals surface area contributed by atoms with Crippen molar-refractivity contribution in [3.05, 3.63) is 23.9 Å². The fraction of sp³-hybridized carbons (Fsp3) is 0.400. The first-order valence-electron chi connectivity index (χ1n) is 7.77. The number of thioether (sulfide) groups is 1. The molecule has 2 aliphatic rings. The second kappa shape index (κ2) is 6.85. The van der Waals surface area contributed by atoms with Gasteiger partial charge in [0.1, 0.15) is 29.4 Å². The van der Waals surface area contributed by atoms with E-state index in [9.17, 15) is 19.5 Å². The van der Waals surface area contributed by atoms with E-state index in [1.807, 2.05) is 0 Å². The number of aromatic nitrogens is 1. The van der Waals surface area contributed by atoms with Crippen molar-refractivity contribution in [1.82, 2.24) is 15.2 Å². The number of carbonyl (C=O) groups is 3. The van der Waals surface area contributed by atoms with Gasteiger partial charge in [0, 0.05) is 10.1 Å². The lowest BCUT2D eigenvalue weighted by Crippen LogP contribution is -2.71. The van der Waals surface area contributed by atoms with Gasteiger partial charge in [-0.15, -0.1) is 23.1 Å². The molecule has 3 heterocycles. The molecule has 144 valence electrons. The van der Waals surface area contributed by atoms with Crippen LogP contribution in [-0.4, -0.2) is 60.7 Å². The fourth-order valence-electron chi connectivity index (χ4n) is 3.05. The lowest BCUT2D eigenvalue weighted by molar-refractivity contribution is -0.160. The number of fused-ring (bicyclic) bond motifs is 1. The molecule has 0 spiro atoms. The molecule has 0 bridgehead atoms. The van der Waals surface area contributed by atoms with Gasteiger partial charge in [0.25, 0.3) is 5.91 Å². The highest BCUT2D eigenvalue weighted by molar-refractivity contribution is 8.01. The topological polar surface area (TPSA) is 147 Å². The van der Waals surface area contributed by atoms with Gasteiger partial charge in [-0.25, -0.2) is 9.78 Å². The van der Waals surface area contributed by atoms with Gasteiger partial charge >= 0.3 is 5.97 Å². The molecule has 10 nitrogen and oxygen atoms in total. The highest BCUT2D eigenvalue weighted by atomic mass is 32.2. The monoisotopic (exact) mass is 411 g/mol. The Morgan fingerprint density at radius 1 is 1.56 bits per heavy atom. The molecule has 3 rings (SSSR count). The van der Waals surface area contributed by atoms with E-state index in [-0.39, 0.29) is 16.5 Å². The Kier molecular flexibility index (Phi) is 4.86. The molecule has 4 N–H and O–H groups in total. The number of nitrogens with one attached hydrogen (secondary N) is 1. The number of nitrogens with zero attached hydrogens (tertiary/aromatic N) is 3. The highest BCUT2D eigenvalue weighted by Crippen LogP contribution is 2.50. The summed E-state index contributed by atoms with van der Waals surface area (Å²) in [7, 11) is 0. The van der Waals surface area contributed by atoms with Gasteiger partial charge in [-0.3, -0.25) is 9.59 Å². The Labute approximate surface area is 162 Å². The van der Waals surface area contributed by atoms with Crippen molar-refractivity contribution in [2.45, 2.75) is 36.1 Å². The minimum atomic E-state index is -1.08. The van der Waals surface area contributed by atoms with Gasteiger partial charge in [0.15, 0.2) is 10.8 Å². The van der Waals surface area contributed by atoms with Crippen LogP contribution in [0.2, 0.25) is 0 Å². The van der Waals surface area contributed by atoms with E-state index >= 15 is 0 Å². The first kappa shape index (κ1) is 19.2. The lowest BCUT2D eigenvalue weighted by Gasteiger charge is -2.43. The van der Waals surface area contributed by atoms with Gasteiger partial charge < -0.3 is 25.9 Å². The van der Waals surface area contributed by atoms with E-state index in [0.717, 1.165) is 17.6 Å². The molecule has 2 aliphatic heterocycles. The zero-order chi connectivity index (χ0) is 19.9. The molecule has 3 atom stereocenters. The number of β-lactam (4-membered cyclic amide) rings is 1. The molecule has 1 aromatic rings. The first-order chi connectivity index (χ1) is 12.7. The summed E-state index contributed by atoms with van der Waals surface area (Å²) >= 11 is 2.45. The summed E-state index contributed by atoms with van der Waals surface area (Å²) in [6.45, 7) is 6.86. The van der Waals surface area contributed by atoms with E-state index in [4.69, 9.17) is 10.6 Å². The van der Waals surface area contributed by atoms with E-state index in [1.54, 1.807) is 13.8 Å². The Hall–Kier alpha value is -2.60. The van der Waals surface area contributed by atoms with Crippen molar-refractivity contribution in [3.8, 4) is 0 Å². The number of carboxylic acid groups (broad SMARTS) is 1. The summed E-state index contributed by atoms with van der Waals surface area (Å²) in [4.78, 5) is 46.7. The molecule has 0 aromatic carbocycles. The number of aliphatic carboxylic acids is 1. The van der Waals surface area contributed by atoms with Crippen LogP contribution in [0.25, 0.3) is 0 Å². The standard InChI is InChI=1S/C15H17N5O5S2/c1-4-25-19-7(6-5-26-14(16)17-6)10(21)18-8-11(22)20-9(13(23)24)15(2,3)27-12(8)20/h4-5,8-9,12H,1H2,2-3H3,(H2,16,17)(H,18,21)(H,23,24)/b19-7+/t8-,9+,12-/m1/s1. The van der Waals surface area contributed by atoms with Crippen LogP contribution >= 0.6 is 23.1 Å². The maximum atomic E-state index is 12.6. The SMILES string of the molecule is C=CO/N=C(/C(=O)N[C@@H]1C(=O)N2[C@@H]1SC(C)(C)[C@@H]2C(=O)O)c1csc(N)n1. The predicted molar refractivity (Wildman–Crippen MR) is 100 cm³/mol. The van der Waals surface area contributed by atoms with Crippen molar-refractivity contribution >= 4 is 51.7 Å². The van der Waals surface area contributed by atoms with Crippen molar-refractivity contribution < 1.29 is 24.3 Å². The third kappa shape index (κ3) is 3.25. The normalized spacial score (nSPS) is 26.1. The smallest absolute Gasteiger partial charge is 0.327 e. The van der Waals surface area contributed by atoms with E-state index < -0.39 is 40.0 Å². The molecular weight excluding hydrogens is 394 g/mol. The van der Waals surface area contributed by atoms with Gasteiger partial charge in [-0.05, 0) is 13.8 Å². The van der Waals surface area contributed by atoms with Crippen LogP contribution in [0.15, 0.2) is 23.4 Å². The molecule has 27 heavy (non-hydrogen) atoms. The molecule has 12 heteroatoms. The summed E-state index contributed by atoms with van der Waals surface area (Å²) in [6.07, 6.45) is 1.03. The summed E-state index contributed by atoms with van der Waals surface area (Å²) in [5.74, 6) is -2.22. The van der Waals surface area contributed by atoms with Gasteiger partial charge in [0.2, 0.25) is 5.91 Å². The van der Waals surface area contributed by atoms with Crippen molar-refractivity contribution in [1.29, 1.82) is 0 Å². The zero-order valence-corrected chi connectivity index (χ0v) is 16.0. The summed E-state index contributed by atoms with van der Waals surface area (Å²) in [5, 5.41) is 17.0. The number of thiazole rings is 1. The van der Waals surface area contributed by atoms with Crippen molar-refractivity contribution in [3.63, 3.8) is 0 Å². The minimum Gasteiger partial charge on any atom is -0.480 e. The van der Waals surface area contributed by atoms with E-state index in [1.165, 1.54) is 22.0 Å². The van der Waals surface area contributed by atoms with Gasteiger partial charge in [0.05, 0.1) is 0 Å². The van der Waals surface area contributed by atoms with Gasteiger partial charge in [-0.2, -0.15) is 0 Å². The molecular formula is C15H17N5O5S2. The number of oxime groups is 1. The molecule has 2 saturated heterocycles. The lowest BCUT2D eigenvalue weighted by atomic mass is 9.96.